The molecule has 0 aliphatic carbocycles. The van der Waals surface area contributed by atoms with Crippen LogP contribution in [0.3, 0.4) is 0 Å². The number of rotatable bonds is 12. The van der Waals surface area contributed by atoms with Gasteiger partial charge in [0.05, 0.1) is 9.79 Å². The van der Waals surface area contributed by atoms with Crippen molar-refractivity contribution in [2.45, 2.75) is 9.79 Å². The molecule has 0 unspecified atom stereocenters. The maximum absolute atomic E-state index is 13.0. The standard InChI is InChI=1S/C29H28N2O6S/c30-17-19-35-23-5-1-21(2-6-23)29(32)22-3-7-25(8-4-22)37-26-11-15-28(16-12-26)38(33,34)27-13-9-24(10-14-27)36-20-18-31/h1-16H,17-20,30-31H2. The molecule has 0 bridgehead atoms. The third kappa shape index (κ3) is 6.57. The van der Waals surface area contributed by atoms with Gasteiger partial charge >= 0.3 is 0 Å². The third-order valence-electron chi connectivity index (χ3n) is 5.51. The van der Waals surface area contributed by atoms with Gasteiger partial charge in [-0.05, 0) is 97.1 Å². The van der Waals surface area contributed by atoms with Gasteiger partial charge in [-0.25, -0.2) is 8.42 Å². The molecule has 0 saturated carbocycles. The molecule has 9 heteroatoms. The van der Waals surface area contributed by atoms with E-state index in [2.05, 4.69) is 0 Å². The van der Waals surface area contributed by atoms with Crippen LogP contribution >= 0.6 is 0 Å². The zero-order valence-corrected chi connectivity index (χ0v) is 21.4. The highest BCUT2D eigenvalue weighted by Gasteiger charge is 2.18. The molecule has 196 valence electrons. The summed E-state index contributed by atoms with van der Waals surface area (Å²) >= 11 is 0. The van der Waals surface area contributed by atoms with Crippen molar-refractivity contribution in [1.82, 2.24) is 0 Å². The van der Waals surface area contributed by atoms with Crippen molar-refractivity contribution in [2.75, 3.05) is 26.3 Å². The highest BCUT2D eigenvalue weighted by Crippen LogP contribution is 2.27. The fraction of sp³-hybridized carbons (Fsp3) is 0.138. The molecular formula is C29H28N2O6S. The third-order valence-corrected chi connectivity index (χ3v) is 7.30. The second-order valence-electron chi connectivity index (χ2n) is 8.20. The molecular weight excluding hydrogens is 504 g/mol. The van der Waals surface area contributed by atoms with Gasteiger partial charge < -0.3 is 25.7 Å². The quantitative estimate of drug-likeness (QED) is 0.259. The zero-order chi connectivity index (χ0) is 27.0. The summed E-state index contributed by atoms with van der Waals surface area (Å²) in [5, 5.41) is 0. The van der Waals surface area contributed by atoms with Crippen molar-refractivity contribution in [2.24, 2.45) is 11.5 Å². The van der Waals surface area contributed by atoms with Crippen LogP contribution in [0.1, 0.15) is 15.9 Å². The Hall–Kier alpha value is -4.18. The second-order valence-corrected chi connectivity index (χ2v) is 10.2. The van der Waals surface area contributed by atoms with Crippen molar-refractivity contribution in [3.05, 3.63) is 108 Å². The topological polar surface area (TPSA) is 131 Å². The molecule has 0 radical (unpaired) electrons. The first kappa shape index (κ1) is 26.9. The maximum atomic E-state index is 13.0. The fourth-order valence-electron chi connectivity index (χ4n) is 3.57. The monoisotopic (exact) mass is 532 g/mol. The Morgan fingerprint density at radius 2 is 0.895 bits per heavy atom. The van der Waals surface area contributed by atoms with E-state index in [0.29, 0.717) is 60.4 Å². The highest BCUT2D eigenvalue weighted by molar-refractivity contribution is 7.91. The largest absolute Gasteiger partial charge is 0.492 e. The first-order valence-electron chi connectivity index (χ1n) is 11.9. The van der Waals surface area contributed by atoms with Crippen LogP contribution in [-0.2, 0) is 9.84 Å². The molecule has 0 aromatic heterocycles. The van der Waals surface area contributed by atoms with E-state index in [1.165, 1.54) is 24.3 Å². The van der Waals surface area contributed by atoms with Crippen molar-refractivity contribution in [1.29, 1.82) is 0 Å². The maximum Gasteiger partial charge on any atom is 0.206 e. The van der Waals surface area contributed by atoms with Crippen LogP contribution in [-0.4, -0.2) is 40.5 Å². The van der Waals surface area contributed by atoms with Gasteiger partial charge in [-0.1, -0.05) is 0 Å². The Balaban J connectivity index is 1.39. The van der Waals surface area contributed by atoms with Gasteiger partial charge in [0, 0.05) is 24.2 Å². The van der Waals surface area contributed by atoms with E-state index in [9.17, 15) is 13.2 Å². The molecule has 0 fully saturated rings. The second kappa shape index (κ2) is 12.4. The zero-order valence-electron chi connectivity index (χ0n) is 20.6. The van der Waals surface area contributed by atoms with E-state index in [4.69, 9.17) is 25.7 Å². The van der Waals surface area contributed by atoms with Crippen molar-refractivity contribution >= 4 is 15.6 Å². The minimum absolute atomic E-state index is 0.129. The SMILES string of the molecule is NCCOc1ccc(C(=O)c2ccc(Oc3ccc(S(=O)(=O)c4ccc(OCCN)cc4)cc3)cc2)cc1. The highest BCUT2D eigenvalue weighted by atomic mass is 32.2. The molecule has 0 spiro atoms. The molecule has 4 rings (SSSR count). The average Bonchev–Trinajstić information content (AvgIpc) is 2.96. The average molecular weight is 533 g/mol. The summed E-state index contributed by atoms with van der Waals surface area (Å²) in [7, 11) is -3.70. The lowest BCUT2D eigenvalue weighted by molar-refractivity contribution is 0.103. The smallest absolute Gasteiger partial charge is 0.206 e. The number of hydrogen-bond acceptors (Lipinski definition) is 8. The van der Waals surface area contributed by atoms with Gasteiger partial charge in [0.1, 0.15) is 36.2 Å². The predicted molar refractivity (Wildman–Crippen MR) is 144 cm³/mol. The van der Waals surface area contributed by atoms with Crippen LogP contribution in [0, 0.1) is 0 Å². The van der Waals surface area contributed by atoms with Crippen LogP contribution in [0.5, 0.6) is 23.0 Å². The van der Waals surface area contributed by atoms with Crippen LogP contribution in [0.15, 0.2) is 107 Å². The summed E-state index contributed by atoms with van der Waals surface area (Å²) in [6, 6.07) is 25.9. The van der Waals surface area contributed by atoms with Crippen LogP contribution < -0.4 is 25.7 Å². The molecule has 0 amide bonds. The summed E-state index contributed by atoms with van der Waals surface area (Å²) in [5.41, 5.74) is 11.9. The van der Waals surface area contributed by atoms with E-state index >= 15 is 0 Å². The molecule has 4 aromatic carbocycles. The number of carbonyl (C=O) groups is 1. The minimum Gasteiger partial charge on any atom is -0.492 e. The number of carbonyl (C=O) groups excluding carboxylic acids is 1. The molecule has 0 saturated heterocycles. The first-order valence-corrected chi connectivity index (χ1v) is 13.4. The van der Waals surface area contributed by atoms with Gasteiger partial charge in [0.2, 0.25) is 9.84 Å². The molecule has 38 heavy (non-hydrogen) atoms. The summed E-state index contributed by atoms with van der Waals surface area (Å²) in [6.45, 7) is 1.55. The van der Waals surface area contributed by atoms with Crippen LogP contribution in [0.2, 0.25) is 0 Å². The molecule has 0 atom stereocenters. The Labute approximate surface area is 221 Å². The van der Waals surface area contributed by atoms with E-state index in [1.807, 2.05) is 0 Å². The van der Waals surface area contributed by atoms with Crippen molar-refractivity contribution in [3.63, 3.8) is 0 Å². The number of ether oxygens (including phenoxy) is 3. The van der Waals surface area contributed by atoms with Gasteiger partial charge in [-0.3, -0.25) is 4.79 Å². The van der Waals surface area contributed by atoms with Gasteiger partial charge in [0.15, 0.2) is 5.78 Å². The Bertz CT molecular complexity index is 1450. The van der Waals surface area contributed by atoms with Crippen LogP contribution in [0.25, 0.3) is 0 Å². The van der Waals surface area contributed by atoms with Gasteiger partial charge in [-0.15, -0.1) is 0 Å². The van der Waals surface area contributed by atoms with E-state index in [0.717, 1.165) is 0 Å². The number of hydrogen-bond donors (Lipinski definition) is 2. The van der Waals surface area contributed by atoms with E-state index < -0.39 is 9.84 Å². The lowest BCUT2D eigenvalue weighted by atomic mass is 10.0. The Morgan fingerprint density at radius 1 is 0.553 bits per heavy atom. The summed E-state index contributed by atoms with van der Waals surface area (Å²) in [5.74, 6) is 2.05. The number of nitrogens with two attached hydrogens (primary N) is 2. The lowest BCUT2D eigenvalue weighted by Crippen LogP contribution is -2.10. The van der Waals surface area contributed by atoms with Crippen molar-refractivity contribution in [3.8, 4) is 23.0 Å². The molecule has 4 N–H and O–H groups in total. The van der Waals surface area contributed by atoms with Crippen molar-refractivity contribution < 1.29 is 27.4 Å². The molecule has 8 nitrogen and oxygen atoms in total. The number of ketones is 1. The minimum atomic E-state index is -3.70. The normalized spacial score (nSPS) is 11.1. The number of benzene rings is 4. The summed E-state index contributed by atoms with van der Waals surface area (Å²) < 4.78 is 42.6. The predicted octanol–water partition coefficient (Wildman–Crippen LogP) is 4.22. The Kier molecular flexibility index (Phi) is 8.75. The molecule has 0 aliphatic heterocycles. The molecule has 0 aliphatic rings. The lowest BCUT2D eigenvalue weighted by Gasteiger charge is -2.10. The van der Waals surface area contributed by atoms with Crippen LogP contribution in [0.4, 0.5) is 0 Å². The Morgan fingerprint density at radius 3 is 1.29 bits per heavy atom. The van der Waals surface area contributed by atoms with E-state index in [-0.39, 0.29) is 15.6 Å². The molecule has 4 aromatic rings. The summed E-state index contributed by atoms with van der Waals surface area (Å²) in [4.78, 5) is 13.1. The fourth-order valence-corrected chi connectivity index (χ4v) is 4.83. The van der Waals surface area contributed by atoms with Gasteiger partial charge in [-0.2, -0.15) is 0 Å². The van der Waals surface area contributed by atoms with E-state index in [1.54, 1.807) is 72.8 Å². The molecule has 0 heterocycles. The number of sulfone groups is 1. The first-order chi connectivity index (χ1) is 18.4. The van der Waals surface area contributed by atoms with Gasteiger partial charge in [0.25, 0.3) is 0 Å². The summed E-state index contributed by atoms with van der Waals surface area (Å²) in [6.07, 6.45) is 0.